The second-order valence-electron chi connectivity index (χ2n) is 3.24. The molecule has 1 atom stereocenters. The fourth-order valence-corrected chi connectivity index (χ4v) is 1.71. The van der Waals surface area contributed by atoms with Gasteiger partial charge in [0.1, 0.15) is 11.0 Å². The number of nitrogen functional groups attached to an aromatic ring is 1. The van der Waals surface area contributed by atoms with Crippen LogP contribution in [0.1, 0.15) is 10.4 Å². The number of nitrogens with two attached hydrogens (primary N) is 1. The Labute approximate surface area is 106 Å². The van der Waals surface area contributed by atoms with E-state index in [1.807, 2.05) is 0 Å². The van der Waals surface area contributed by atoms with E-state index in [0.29, 0.717) is 23.7 Å². The first kappa shape index (κ1) is 13.9. The van der Waals surface area contributed by atoms with Gasteiger partial charge in [0.2, 0.25) is 0 Å². The summed E-state index contributed by atoms with van der Waals surface area (Å²) in [5, 5.41) is 2.79. The SMILES string of the molecule is CS(=O)CCNC(=O)c1cc(Cl)nc(NN)c1. The van der Waals surface area contributed by atoms with Crippen LogP contribution >= 0.6 is 11.6 Å². The Hall–Kier alpha value is -1.18. The van der Waals surface area contributed by atoms with E-state index in [-0.39, 0.29) is 11.1 Å². The molecule has 8 heteroatoms. The summed E-state index contributed by atoms with van der Waals surface area (Å²) < 4.78 is 10.8. The normalized spacial score (nSPS) is 11.9. The van der Waals surface area contributed by atoms with Crippen molar-refractivity contribution >= 4 is 34.1 Å². The third kappa shape index (κ3) is 4.68. The van der Waals surface area contributed by atoms with Gasteiger partial charge in [0.15, 0.2) is 0 Å². The highest BCUT2D eigenvalue weighted by Gasteiger charge is 2.08. The molecule has 17 heavy (non-hydrogen) atoms. The molecule has 0 aromatic carbocycles. The number of hydrazine groups is 1. The van der Waals surface area contributed by atoms with Gasteiger partial charge in [-0.25, -0.2) is 10.8 Å². The van der Waals surface area contributed by atoms with E-state index in [4.69, 9.17) is 17.4 Å². The summed E-state index contributed by atoms with van der Waals surface area (Å²) in [7, 11) is -0.934. The second kappa shape index (κ2) is 6.53. The molecule has 1 unspecified atom stereocenters. The maximum Gasteiger partial charge on any atom is 0.251 e. The first-order chi connectivity index (χ1) is 8.02. The number of carbonyl (C=O) groups is 1. The number of anilines is 1. The van der Waals surface area contributed by atoms with E-state index < -0.39 is 10.8 Å². The van der Waals surface area contributed by atoms with E-state index in [1.165, 1.54) is 12.1 Å². The number of nitrogens with zero attached hydrogens (tertiary/aromatic N) is 1. The van der Waals surface area contributed by atoms with Crippen LogP contribution in [0.3, 0.4) is 0 Å². The molecule has 1 amide bonds. The molecular weight excluding hydrogens is 264 g/mol. The van der Waals surface area contributed by atoms with E-state index >= 15 is 0 Å². The van der Waals surface area contributed by atoms with Crippen LogP contribution < -0.4 is 16.6 Å². The van der Waals surface area contributed by atoms with Gasteiger partial charge >= 0.3 is 0 Å². The number of amides is 1. The van der Waals surface area contributed by atoms with E-state index in [9.17, 15) is 9.00 Å². The summed E-state index contributed by atoms with van der Waals surface area (Å²) in [5.41, 5.74) is 2.66. The van der Waals surface area contributed by atoms with Crippen molar-refractivity contribution in [1.29, 1.82) is 0 Å². The third-order valence-corrected chi connectivity index (χ3v) is 2.85. The number of carbonyl (C=O) groups excluding carboxylic acids is 1. The van der Waals surface area contributed by atoms with Crippen molar-refractivity contribution < 1.29 is 9.00 Å². The Morgan fingerprint density at radius 3 is 2.88 bits per heavy atom. The average Bonchev–Trinajstić information content (AvgIpc) is 2.27. The second-order valence-corrected chi connectivity index (χ2v) is 5.18. The molecule has 1 aromatic rings. The lowest BCUT2D eigenvalue weighted by Crippen LogP contribution is -2.27. The van der Waals surface area contributed by atoms with Crippen molar-refractivity contribution in [1.82, 2.24) is 10.3 Å². The minimum atomic E-state index is -0.934. The first-order valence-corrected chi connectivity index (χ1v) is 6.86. The fourth-order valence-electron chi connectivity index (χ4n) is 1.11. The summed E-state index contributed by atoms with van der Waals surface area (Å²) in [6.45, 7) is 0.341. The molecule has 0 spiro atoms. The van der Waals surface area contributed by atoms with Crippen LogP contribution in [0.5, 0.6) is 0 Å². The maximum atomic E-state index is 11.7. The molecule has 0 fully saturated rings. The van der Waals surface area contributed by atoms with E-state index in [0.717, 1.165) is 0 Å². The van der Waals surface area contributed by atoms with E-state index in [1.54, 1.807) is 6.26 Å². The number of aromatic nitrogens is 1. The fraction of sp³-hybridized carbons (Fsp3) is 0.333. The lowest BCUT2D eigenvalue weighted by molar-refractivity contribution is 0.0956. The lowest BCUT2D eigenvalue weighted by atomic mass is 10.2. The Balaban J connectivity index is 2.68. The number of halogens is 1. The van der Waals surface area contributed by atoms with Crippen LogP contribution in [0.15, 0.2) is 12.1 Å². The van der Waals surface area contributed by atoms with Crippen LogP contribution in [0, 0.1) is 0 Å². The molecule has 0 aliphatic heterocycles. The third-order valence-electron chi connectivity index (χ3n) is 1.88. The number of hydrogen-bond donors (Lipinski definition) is 3. The summed E-state index contributed by atoms with van der Waals surface area (Å²) in [5.74, 6) is 5.59. The average molecular weight is 277 g/mol. The van der Waals surface area contributed by atoms with Gasteiger partial charge in [-0.15, -0.1) is 0 Å². The van der Waals surface area contributed by atoms with Gasteiger partial charge in [-0.3, -0.25) is 9.00 Å². The highest BCUT2D eigenvalue weighted by Crippen LogP contribution is 2.13. The molecule has 94 valence electrons. The van der Waals surface area contributed by atoms with Gasteiger partial charge in [0.25, 0.3) is 5.91 Å². The van der Waals surface area contributed by atoms with Gasteiger partial charge in [-0.1, -0.05) is 11.6 Å². The van der Waals surface area contributed by atoms with E-state index in [2.05, 4.69) is 15.7 Å². The van der Waals surface area contributed by atoms with Gasteiger partial charge in [-0.05, 0) is 12.1 Å². The van der Waals surface area contributed by atoms with Gasteiger partial charge in [-0.2, -0.15) is 0 Å². The largest absolute Gasteiger partial charge is 0.351 e. The predicted octanol–water partition coefficient (Wildman–Crippen LogP) is 0.129. The molecule has 0 aliphatic carbocycles. The molecule has 0 saturated heterocycles. The van der Waals surface area contributed by atoms with Crippen LogP contribution in [-0.4, -0.2) is 33.7 Å². The summed E-state index contributed by atoms with van der Waals surface area (Å²) in [4.78, 5) is 15.5. The maximum absolute atomic E-state index is 11.7. The number of nitrogens with one attached hydrogen (secondary N) is 2. The summed E-state index contributed by atoms with van der Waals surface area (Å²) in [6, 6.07) is 2.91. The van der Waals surface area contributed by atoms with Crippen molar-refractivity contribution in [3.8, 4) is 0 Å². The van der Waals surface area contributed by atoms with Crippen molar-refractivity contribution in [2.45, 2.75) is 0 Å². The highest BCUT2D eigenvalue weighted by atomic mass is 35.5. The van der Waals surface area contributed by atoms with Crippen LogP contribution in [0.4, 0.5) is 5.82 Å². The Morgan fingerprint density at radius 1 is 1.59 bits per heavy atom. The van der Waals surface area contributed by atoms with Gasteiger partial charge < -0.3 is 10.7 Å². The molecule has 1 rings (SSSR count). The monoisotopic (exact) mass is 276 g/mol. The molecule has 1 heterocycles. The Bertz CT molecular complexity index is 441. The number of hydrogen-bond acceptors (Lipinski definition) is 5. The molecule has 0 bridgehead atoms. The quantitative estimate of drug-likeness (QED) is 0.403. The molecule has 6 nitrogen and oxygen atoms in total. The zero-order valence-corrected chi connectivity index (χ0v) is 10.8. The summed E-state index contributed by atoms with van der Waals surface area (Å²) in [6.07, 6.45) is 1.58. The minimum absolute atomic E-state index is 0.171. The lowest BCUT2D eigenvalue weighted by Gasteiger charge is -2.06. The molecular formula is C9H13ClN4O2S. The zero-order chi connectivity index (χ0) is 12.8. The minimum Gasteiger partial charge on any atom is -0.351 e. The molecule has 0 aliphatic rings. The topological polar surface area (TPSA) is 97.1 Å². The Morgan fingerprint density at radius 2 is 2.29 bits per heavy atom. The van der Waals surface area contributed by atoms with Crippen LogP contribution in [0.25, 0.3) is 0 Å². The van der Waals surface area contributed by atoms with Gasteiger partial charge in [0.05, 0.1) is 0 Å². The predicted molar refractivity (Wildman–Crippen MR) is 68.3 cm³/mol. The van der Waals surface area contributed by atoms with Crippen LogP contribution in [0.2, 0.25) is 5.15 Å². The van der Waals surface area contributed by atoms with Crippen molar-refractivity contribution in [3.05, 3.63) is 22.8 Å². The molecule has 4 N–H and O–H groups in total. The summed E-state index contributed by atoms with van der Waals surface area (Å²) >= 11 is 5.72. The van der Waals surface area contributed by atoms with Crippen LogP contribution in [-0.2, 0) is 10.8 Å². The number of rotatable bonds is 5. The Kier molecular flexibility index (Phi) is 5.33. The molecule has 0 saturated carbocycles. The first-order valence-electron chi connectivity index (χ1n) is 4.75. The van der Waals surface area contributed by atoms with Crippen molar-refractivity contribution in [2.24, 2.45) is 5.84 Å². The smallest absolute Gasteiger partial charge is 0.251 e. The molecule has 1 aromatic heterocycles. The number of pyridine rings is 1. The zero-order valence-electron chi connectivity index (χ0n) is 9.20. The van der Waals surface area contributed by atoms with Gasteiger partial charge in [0, 0.05) is 34.9 Å². The van der Waals surface area contributed by atoms with Crippen molar-refractivity contribution in [3.63, 3.8) is 0 Å². The standard InChI is InChI=1S/C9H13ClN4O2S/c1-17(16)3-2-12-9(15)6-4-7(10)13-8(5-6)14-11/h4-5H,2-3,11H2,1H3,(H,12,15)(H,13,14). The highest BCUT2D eigenvalue weighted by molar-refractivity contribution is 7.84. The molecule has 0 radical (unpaired) electrons. The van der Waals surface area contributed by atoms with Crippen molar-refractivity contribution in [2.75, 3.05) is 24.0 Å².